The van der Waals surface area contributed by atoms with Gasteiger partial charge in [-0.3, -0.25) is 9.59 Å². The molecule has 0 saturated heterocycles. The highest BCUT2D eigenvalue weighted by Gasteiger charge is 2.15. The van der Waals surface area contributed by atoms with Crippen molar-refractivity contribution in [1.82, 2.24) is 10.2 Å². The van der Waals surface area contributed by atoms with E-state index in [1.807, 2.05) is 0 Å². The van der Waals surface area contributed by atoms with E-state index in [1.54, 1.807) is 31.3 Å². The van der Waals surface area contributed by atoms with Gasteiger partial charge in [-0.1, -0.05) is 35.3 Å². The van der Waals surface area contributed by atoms with Crippen LogP contribution in [-0.4, -0.2) is 30.3 Å². The summed E-state index contributed by atoms with van der Waals surface area (Å²) < 4.78 is 4.94. The van der Waals surface area contributed by atoms with Gasteiger partial charge in [-0.2, -0.15) is 0 Å². The summed E-state index contributed by atoms with van der Waals surface area (Å²) in [5.41, 5.74) is 0.738. The first-order valence-corrected chi connectivity index (χ1v) is 7.23. The van der Waals surface area contributed by atoms with E-state index in [0.717, 1.165) is 5.56 Å². The summed E-state index contributed by atoms with van der Waals surface area (Å²) in [7, 11) is 1.62. The number of nitrogens with one attached hydrogen (secondary N) is 1. The van der Waals surface area contributed by atoms with Gasteiger partial charge in [-0.25, -0.2) is 0 Å². The lowest BCUT2D eigenvalue weighted by molar-refractivity contribution is -0.129. The summed E-state index contributed by atoms with van der Waals surface area (Å²) in [6.45, 7) is 0.170. The zero-order chi connectivity index (χ0) is 16.1. The van der Waals surface area contributed by atoms with Crippen LogP contribution in [0.5, 0.6) is 0 Å². The summed E-state index contributed by atoms with van der Waals surface area (Å²) >= 11 is 12.0. The first-order valence-electron chi connectivity index (χ1n) is 6.47. The van der Waals surface area contributed by atoms with E-state index in [2.05, 4.69) is 5.32 Å². The summed E-state index contributed by atoms with van der Waals surface area (Å²) in [4.78, 5) is 25.2. The lowest BCUT2D eigenvalue weighted by Crippen LogP contribution is -2.37. The number of benzene rings is 1. The number of carbonyl (C=O) groups excluding carboxylic acids is 2. The standard InChI is InChI=1S/C15H14Cl2N2O3/c1-19(9-10-4-2-5-11(16)14(10)17)13(20)8-18-15(21)12-6-3-7-22-12/h2-7H,8-9H2,1H3,(H,18,21). The molecule has 0 spiro atoms. The molecule has 1 N–H and O–H groups in total. The van der Waals surface area contributed by atoms with Gasteiger partial charge in [0.05, 0.1) is 22.9 Å². The van der Waals surface area contributed by atoms with E-state index in [-0.39, 0.29) is 18.2 Å². The van der Waals surface area contributed by atoms with Gasteiger partial charge in [-0.15, -0.1) is 0 Å². The number of likely N-dealkylation sites (N-methyl/N-ethyl adjacent to an activating group) is 1. The average molecular weight is 341 g/mol. The zero-order valence-corrected chi connectivity index (χ0v) is 13.3. The van der Waals surface area contributed by atoms with Gasteiger partial charge in [0.25, 0.3) is 5.91 Å². The quantitative estimate of drug-likeness (QED) is 0.909. The topological polar surface area (TPSA) is 62.6 Å². The predicted molar refractivity (Wildman–Crippen MR) is 84.0 cm³/mol. The Kier molecular flexibility index (Phi) is 5.46. The van der Waals surface area contributed by atoms with Gasteiger partial charge in [0.15, 0.2) is 5.76 Å². The Morgan fingerprint density at radius 1 is 1.23 bits per heavy atom. The molecule has 0 bridgehead atoms. The van der Waals surface area contributed by atoms with Gasteiger partial charge in [0.2, 0.25) is 5.91 Å². The van der Waals surface area contributed by atoms with Gasteiger partial charge in [0, 0.05) is 13.6 Å². The lowest BCUT2D eigenvalue weighted by Gasteiger charge is -2.18. The maximum absolute atomic E-state index is 12.0. The van der Waals surface area contributed by atoms with E-state index in [9.17, 15) is 9.59 Å². The maximum atomic E-state index is 12.0. The third kappa shape index (κ3) is 4.02. The highest BCUT2D eigenvalue weighted by molar-refractivity contribution is 6.42. The fourth-order valence-electron chi connectivity index (χ4n) is 1.80. The highest BCUT2D eigenvalue weighted by atomic mass is 35.5. The number of furan rings is 1. The summed E-state index contributed by atoms with van der Waals surface area (Å²) in [5.74, 6) is -0.531. The molecule has 0 aliphatic carbocycles. The second kappa shape index (κ2) is 7.33. The zero-order valence-electron chi connectivity index (χ0n) is 11.8. The SMILES string of the molecule is CN(Cc1cccc(Cl)c1Cl)C(=O)CNC(=O)c1ccco1. The van der Waals surface area contributed by atoms with Crippen LogP contribution in [0.15, 0.2) is 41.0 Å². The van der Waals surface area contributed by atoms with Gasteiger partial charge >= 0.3 is 0 Å². The number of amides is 2. The molecule has 0 fully saturated rings. The maximum Gasteiger partial charge on any atom is 0.287 e. The third-order valence-corrected chi connectivity index (χ3v) is 3.87. The molecule has 0 unspecified atom stereocenters. The molecule has 1 aromatic carbocycles. The normalized spacial score (nSPS) is 10.3. The molecule has 2 aromatic rings. The van der Waals surface area contributed by atoms with Crippen LogP contribution in [-0.2, 0) is 11.3 Å². The Morgan fingerprint density at radius 3 is 2.68 bits per heavy atom. The Balaban J connectivity index is 1.89. The molecular weight excluding hydrogens is 327 g/mol. The van der Waals surface area contributed by atoms with Crippen molar-refractivity contribution in [3.8, 4) is 0 Å². The Bertz CT molecular complexity index is 671. The lowest BCUT2D eigenvalue weighted by atomic mass is 10.2. The first kappa shape index (κ1) is 16.4. The van der Waals surface area contributed by atoms with Crippen molar-refractivity contribution in [2.45, 2.75) is 6.54 Å². The van der Waals surface area contributed by atoms with Crippen LogP contribution in [0, 0.1) is 0 Å². The smallest absolute Gasteiger partial charge is 0.287 e. The third-order valence-electron chi connectivity index (χ3n) is 3.01. The molecule has 0 saturated carbocycles. The minimum Gasteiger partial charge on any atom is -0.459 e. The molecule has 1 heterocycles. The molecule has 1 aromatic heterocycles. The molecule has 2 rings (SSSR count). The van der Waals surface area contributed by atoms with Crippen molar-refractivity contribution >= 4 is 35.0 Å². The first-order chi connectivity index (χ1) is 10.5. The molecule has 5 nitrogen and oxygen atoms in total. The monoisotopic (exact) mass is 340 g/mol. The largest absolute Gasteiger partial charge is 0.459 e. The Hall–Kier alpha value is -1.98. The highest BCUT2D eigenvalue weighted by Crippen LogP contribution is 2.26. The van der Waals surface area contributed by atoms with Crippen molar-refractivity contribution in [3.05, 3.63) is 58.0 Å². The average Bonchev–Trinajstić information content (AvgIpc) is 3.03. The van der Waals surface area contributed by atoms with Crippen molar-refractivity contribution in [1.29, 1.82) is 0 Å². The Morgan fingerprint density at radius 2 is 2.00 bits per heavy atom. The fraction of sp³-hybridized carbons (Fsp3) is 0.200. The van der Waals surface area contributed by atoms with E-state index in [0.29, 0.717) is 16.6 Å². The van der Waals surface area contributed by atoms with Gasteiger partial charge in [-0.05, 0) is 23.8 Å². The molecule has 7 heteroatoms. The van der Waals surface area contributed by atoms with Crippen LogP contribution < -0.4 is 5.32 Å². The predicted octanol–water partition coefficient (Wildman–Crippen LogP) is 2.97. The molecule has 0 aliphatic heterocycles. The van der Waals surface area contributed by atoms with E-state index >= 15 is 0 Å². The number of hydrogen-bond donors (Lipinski definition) is 1. The van der Waals surface area contributed by atoms with Gasteiger partial charge in [0.1, 0.15) is 0 Å². The van der Waals surface area contributed by atoms with E-state index in [4.69, 9.17) is 27.6 Å². The molecule has 0 radical (unpaired) electrons. The number of halogens is 2. The van der Waals surface area contributed by atoms with Crippen LogP contribution >= 0.6 is 23.2 Å². The molecule has 0 aliphatic rings. The second-order valence-electron chi connectivity index (χ2n) is 4.62. The number of carbonyl (C=O) groups is 2. The number of nitrogens with zero attached hydrogens (tertiary/aromatic N) is 1. The molecular formula is C15H14Cl2N2O3. The van der Waals surface area contributed by atoms with Crippen LogP contribution in [0.2, 0.25) is 10.0 Å². The number of hydrogen-bond acceptors (Lipinski definition) is 3. The summed E-state index contributed by atoms with van der Waals surface area (Å²) in [5, 5.41) is 3.35. The van der Waals surface area contributed by atoms with Crippen molar-refractivity contribution in [2.24, 2.45) is 0 Å². The van der Waals surface area contributed by atoms with Crippen molar-refractivity contribution in [3.63, 3.8) is 0 Å². The Labute approximate surface area is 137 Å². The van der Waals surface area contributed by atoms with Crippen molar-refractivity contribution < 1.29 is 14.0 Å². The van der Waals surface area contributed by atoms with Gasteiger partial charge < -0.3 is 14.6 Å². The van der Waals surface area contributed by atoms with Crippen molar-refractivity contribution in [2.75, 3.05) is 13.6 Å². The number of rotatable bonds is 5. The summed E-state index contributed by atoms with van der Waals surface area (Å²) in [6.07, 6.45) is 1.39. The van der Waals surface area contributed by atoms with Crippen LogP contribution in [0.4, 0.5) is 0 Å². The minimum atomic E-state index is -0.437. The molecule has 0 atom stereocenters. The van der Waals surface area contributed by atoms with E-state index in [1.165, 1.54) is 17.2 Å². The van der Waals surface area contributed by atoms with E-state index < -0.39 is 5.91 Å². The summed E-state index contributed by atoms with van der Waals surface area (Å²) in [6, 6.07) is 8.36. The minimum absolute atomic E-state index is 0.131. The molecule has 2 amide bonds. The van der Waals surface area contributed by atoms with Crippen LogP contribution in [0.3, 0.4) is 0 Å². The van der Waals surface area contributed by atoms with Crippen LogP contribution in [0.25, 0.3) is 0 Å². The second-order valence-corrected chi connectivity index (χ2v) is 5.41. The molecule has 116 valence electrons. The van der Waals surface area contributed by atoms with Crippen LogP contribution in [0.1, 0.15) is 16.1 Å². The fourth-order valence-corrected chi connectivity index (χ4v) is 2.18. The molecule has 22 heavy (non-hydrogen) atoms.